The molecule has 0 unspecified atom stereocenters. The van der Waals surface area contributed by atoms with Crippen molar-refractivity contribution in [2.24, 2.45) is 15.7 Å². The van der Waals surface area contributed by atoms with Crippen LogP contribution < -0.4 is 5.73 Å². The van der Waals surface area contributed by atoms with Gasteiger partial charge in [0.05, 0.1) is 36.4 Å². The molecule has 0 saturated carbocycles. The molecule has 0 bridgehead atoms. The highest BCUT2D eigenvalue weighted by atomic mass is 19.1. The number of halogens is 1. The first-order valence-electron chi connectivity index (χ1n) is 6.15. The highest BCUT2D eigenvalue weighted by Crippen LogP contribution is 2.26. The van der Waals surface area contributed by atoms with Gasteiger partial charge in [-0.15, -0.1) is 0 Å². The lowest BCUT2D eigenvalue weighted by Gasteiger charge is -2.08. The molecule has 0 aliphatic rings. The Kier molecular flexibility index (Phi) is 6.01. The topological polar surface area (TPSA) is 137 Å². The third-order valence-electron chi connectivity index (χ3n) is 2.76. The van der Waals surface area contributed by atoms with E-state index in [1.807, 2.05) is 0 Å². The number of carbonyl (C=O) groups excluding carboxylic acids is 2. The van der Waals surface area contributed by atoms with Crippen LogP contribution in [0.25, 0.3) is 0 Å². The summed E-state index contributed by atoms with van der Waals surface area (Å²) in [5, 5.41) is 11.1. The van der Waals surface area contributed by atoms with Gasteiger partial charge < -0.3 is 10.5 Å². The molecule has 0 aromatic heterocycles. The maximum atomic E-state index is 13.5. The molecule has 0 amide bonds. The van der Waals surface area contributed by atoms with E-state index in [4.69, 9.17) is 5.73 Å². The largest absolute Gasteiger partial charge is 0.465 e. The molecule has 9 nitrogen and oxygen atoms in total. The molecule has 122 valence electrons. The van der Waals surface area contributed by atoms with Crippen LogP contribution >= 0.6 is 0 Å². The number of nitrogens with zero attached hydrogens (tertiary/aromatic N) is 3. The molecule has 1 aromatic carbocycles. The Morgan fingerprint density at radius 1 is 1.48 bits per heavy atom. The average Bonchev–Trinajstić information content (AvgIpc) is 2.52. The van der Waals surface area contributed by atoms with E-state index in [1.165, 1.54) is 7.05 Å². The van der Waals surface area contributed by atoms with Gasteiger partial charge in [0.15, 0.2) is 5.78 Å². The number of Topliss-reactive ketones (excluding diaryl/α,β-unsaturated/α-hetero) is 1. The summed E-state index contributed by atoms with van der Waals surface area (Å²) in [7, 11) is 2.35. The molecule has 1 aromatic rings. The Morgan fingerprint density at radius 3 is 2.61 bits per heavy atom. The van der Waals surface area contributed by atoms with Crippen molar-refractivity contribution >= 4 is 29.6 Å². The van der Waals surface area contributed by atoms with E-state index in [0.29, 0.717) is 12.1 Å². The van der Waals surface area contributed by atoms with Gasteiger partial charge in [-0.2, -0.15) is 0 Å². The van der Waals surface area contributed by atoms with E-state index in [1.54, 1.807) is 0 Å². The third kappa shape index (κ3) is 4.15. The Balaban J connectivity index is 3.50. The van der Waals surface area contributed by atoms with E-state index < -0.39 is 45.7 Å². The van der Waals surface area contributed by atoms with Crippen molar-refractivity contribution < 1.29 is 23.6 Å². The summed E-state index contributed by atoms with van der Waals surface area (Å²) in [5.41, 5.74) is 3.14. The minimum Gasteiger partial charge on any atom is -0.465 e. The number of amidine groups is 1. The number of hydrogen-bond acceptors (Lipinski definition) is 6. The minimum atomic E-state index is -1.08. The number of nitro groups is 1. The summed E-state index contributed by atoms with van der Waals surface area (Å²) in [6.07, 6.45) is 0.441. The molecule has 0 fully saturated rings. The van der Waals surface area contributed by atoms with Crippen LogP contribution in [0.1, 0.15) is 27.1 Å². The van der Waals surface area contributed by atoms with Crippen molar-refractivity contribution in [3.8, 4) is 0 Å². The van der Waals surface area contributed by atoms with Crippen LogP contribution in [0.5, 0.6) is 0 Å². The molecule has 23 heavy (non-hydrogen) atoms. The molecular formula is C13H13FN4O5. The number of hydrogen-bond donors (Lipinski definition) is 1. The van der Waals surface area contributed by atoms with Crippen LogP contribution in [0.3, 0.4) is 0 Å². The van der Waals surface area contributed by atoms with E-state index in [9.17, 15) is 24.1 Å². The zero-order valence-corrected chi connectivity index (χ0v) is 12.3. The minimum absolute atomic E-state index is 0.00746. The number of esters is 1. The molecule has 10 heteroatoms. The summed E-state index contributed by atoms with van der Waals surface area (Å²) in [6.45, 7) is 0. The van der Waals surface area contributed by atoms with E-state index >= 15 is 0 Å². The van der Waals surface area contributed by atoms with E-state index in [-0.39, 0.29) is 5.84 Å². The number of nitrogens with two attached hydrogens (primary N) is 1. The second-order valence-electron chi connectivity index (χ2n) is 4.11. The fourth-order valence-electron chi connectivity index (χ4n) is 1.80. The number of ketones is 1. The van der Waals surface area contributed by atoms with Crippen molar-refractivity contribution in [3.63, 3.8) is 0 Å². The molecule has 2 N–H and O–H groups in total. The summed E-state index contributed by atoms with van der Waals surface area (Å²) in [4.78, 5) is 41.5. The predicted molar refractivity (Wildman–Crippen MR) is 79.4 cm³/mol. The lowest BCUT2D eigenvalue weighted by molar-refractivity contribution is -0.385. The van der Waals surface area contributed by atoms with Gasteiger partial charge in [0, 0.05) is 7.05 Å². The van der Waals surface area contributed by atoms with Crippen molar-refractivity contribution in [3.05, 3.63) is 39.2 Å². The van der Waals surface area contributed by atoms with Gasteiger partial charge in [-0.1, -0.05) is 0 Å². The number of rotatable bonds is 5. The fraction of sp³-hybridized carbons (Fsp3) is 0.231. The quantitative estimate of drug-likeness (QED) is 0.215. The monoisotopic (exact) mass is 324 g/mol. The van der Waals surface area contributed by atoms with Gasteiger partial charge in [-0.3, -0.25) is 19.9 Å². The third-order valence-corrected chi connectivity index (χ3v) is 2.76. The molecule has 0 atom stereocenters. The average molecular weight is 324 g/mol. The van der Waals surface area contributed by atoms with Crippen LogP contribution in [0.15, 0.2) is 22.1 Å². The molecule has 1 rings (SSSR count). The molecule has 0 aliphatic carbocycles. The normalized spacial score (nSPS) is 11.5. The molecule has 0 saturated heterocycles. The summed E-state index contributed by atoms with van der Waals surface area (Å²) < 4.78 is 17.9. The van der Waals surface area contributed by atoms with Crippen LogP contribution in [0, 0.1) is 15.9 Å². The number of ether oxygens (including phenoxy) is 1. The summed E-state index contributed by atoms with van der Waals surface area (Å²) in [5.74, 6) is -2.97. The maximum Gasteiger partial charge on any atom is 0.338 e. The maximum absolute atomic E-state index is 13.5. The molecular weight excluding hydrogens is 311 g/mol. The summed E-state index contributed by atoms with van der Waals surface area (Å²) in [6, 6.07) is 1.25. The number of nitro benzene ring substituents is 1. The van der Waals surface area contributed by atoms with Crippen LogP contribution in [0.2, 0.25) is 0 Å². The summed E-state index contributed by atoms with van der Waals surface area (Å²) >= 11 is 0. The Bertz CT molecular complexity index is 715. The highest BCUT2D eigenvalue weighted by Gasteiger charge is 2.29. The predicted octanol–water partition coefficient (Wildman–Crippen LogP) is 1.11. The highest BCUT2D eigenvalue weighted by molar-refractivity contribution is 6.16. The van der Waals surface area contributed by atoms with Crippen LogP contribution in [-0.4, -0.2) is 43.0 Å². The van der Waals surface area contributed by atoms with Gasteiger partial charge in [-0.05, 0) is 6.07 Å². The number of carbonyl (C=O) groups is 2. The van der Waals surface area contributed by atoms with Gasteiger partial charge in [0.2, 0.25) is 0 Å². The molecule has 0 heterocycles. The van der Waals surface area contributed by atoms with Crippen molar-refractivity contribution in [2.45, 2.75) is 6.42 Å². The lowest BCUT2D eigenvalue weighted by Crippen LogP contribution is -2.16. The Labute approximate surface area is 129 Å². The number of benzene rings is 1. The van der Waals surface area contributed by atoms with Gasteiger partial charge in [0.25, 0.3) is 5.69 Å². The van der Waals surface area contributed by atoms with E-state index in [0.717, 1.165) is 13.4 Å². The Morgan fingerprint density at radius 2 is 2.13 bits per heavy atom. The zero-order valence-electron chi connectivity index (χ0n) is 12.3. The zero-order chi connectivity index (χ0) is 17.6. The lowest BCUT2D eigenvalue weighted by atomic mass is 9.98. The van der Waals surface area contributed by atoms with Crippen LogP contribution in [-0.2, 0) is 4.74 Å². The fourth-order valence-corrected chi connectivity index (χ4v) is 1.80. The van der Waals surface area contributed by atoms with Crippen LogP contribution in [0.4, 0.5) is 10.1 Å². The number of aliphatic imine (C=N–C) groups is 2. The first-order chi connectivity index (χ1) is 10.8. The van der Waals surface area contributed by atoms with Gasteiger partial charge >= 0.3 is 5.97 Å². The SMILES string of the molecule is CN=C(CC(=O)c1c(C(=O)OC)cc(F)cc1[N+](=O)[O-])N=CN. The van der Waals surface area contributed by atoms with Gasteiger partial charge in [-0.25, -0.2) is 14.2 Å². The second-order valence-corrected chi connectivity index (χ2v) is 4.11. The van der Waals surface area contributed by atoms with Crippen molar-refractivity contribution in [1.29, 1.82) is 0 Å². The molecule has 0 radical (unpaired) electrons. The molecule has 0 spiro atoms. The first kappa shape index (κ1) is 17.9. The smallest absolute Gasteiger partial charge is 0.338 e. The molecule has 0 aliphatic heterocycles. The first-order valence-corrected chi connectivity index (χ1v) is 6.15. The van der Waals surface area contributed by atoms with E-state index in [2.05, 4.69) is 14.7 Å². The Hall–Kier alpha value is -3.17. The standard InChI is InChI=1S/C13H13FN4O5/c1-16-11(17-6-15)5-10(19)12-8(13(20)23-2)3-7(14)4-9(12)18(21)22/h3-4,6H,5H2,1-2H3,(H2,15,16,17). The second kappa shape index (κ2) is 7.73. The van der Waals surface area contributed by atoms with Gasteiger partial charge in [0.1, 0.15) is 17.2 Å². The van der Waals surface area contributed by atoms with Crippen molar-refractivity contribution in [2.75, 3.05) is 14.2 Å². The van der Waals surface area contributed by atoms with Crippen molar-refractivity contribution in [1.82, 2.24) is 0 Å². The number of methoxy groups -OCH3 is 1.